The molecule has 2 nitrogen and oxygen atoms in total. The Morgan fingerprint density at radius 1 is 1.40 bits per heavy atom. The van der Waals surface area contributed by atoms with E-state index in [-0.39, 0.29) is 0 Å². The van der Waals surface area contributed by atoms with Crippen molar-refractivity contribution in [3.8, 4) is 0 Å². The highest BCUT2D eigenvalue weighted by molar-refractivity contribution is 5.54. The zero-order valence-electron chi connectivity index (χ0n) is 6.76. The van der Waals surface area contributed by atoms with Crippen molar-refractivity contribution >= 4 is 6.21 Å². The Bertz CT molecular complexity index is 155. The maximum atomic E-state index is 3.92. The van der Waals surface area contributed by atoms with Crippen molar-refractivity contribution in [2.45, 2.75) is 13.8 Å². The summed E-state index contributed by atoms with van der Waals surface area (Å²) in [5.41, 5.74) is 1.07. The van der Waals surface area contributed by atoms with Gasteiger partial charge in [0.2, 0.25) is 0 Å². The third-order valence-electron chi connectivity index (χ3n) is 1.09. The molecule has 1 N–H and O–H groups in total. The Morgan fingerprint density at radius 3 is 2.50 bits per heavy atom. The molecule has 0 aromatic heterocycles. The summed E-state index contributed by atoms with van der Waals surface area (Å²) in [5.74, 6) is 0. The maximum absolute atomic E-state index is 3.92. The van der Waals surface area contributed by atoms with Crippen LogP contribution in [0, 0.1) is 0 Å². The van der Waals surface area contributed by atoms with Gasteiger partial charge >= 0.3 is 0 Å². The number of rotatable bonds is 3. The lowest BCUT2D eigenvalue weighted by molar-refractivity contribution is 1.03. The molecule has 0 radical (unpaired) electrons. The molecule has 0 saturated carbocycles. The van der Waals surface area contributed by atoms with Crippen LogP contribution in [0.25, 0.3) is 0 Å². The molecule has 0 amide bonds. The van der Waals surface area contributed by atoms with E-state index in [0.717, 1.165) is 5.70 Å². The minimum Gasteiger partial charge on any atom is -0.388 e. The lowest BCUT2D eigenvalue weighted by atomic mass is 10.4. The Balaban J connectivity index is 3.85. The van der Waals surface area contributed by atoms with Crippen molar-refractivity contribution in [1.82, 2.24) is 5.32 Å². The average Bonchev–Trinajstić information content (AvgIpc) is 1.99. The van der Waals surface area contributed by atoms with Crippen LogP contribution in [-0.4, -0.2) is 13.3 Å². The van der Waals surface area contributed by atoms with Crippen molar-refractivity contribution in [3.05, 3.63) is 24.0 Å². The second-order valence-electron chi connectivity index (χ2n) is 1.72. The van der Waals surface area contributed by atoms with Gasteiger partial charge in [-0.25, -0.2) is 0 Å². The van der Waals surface area contributed by atoms with Crippen LogP contribution in [0.1, 0.15) is 13.8 Å². The Kier molecular flexibility index (Phi) is 5.44. The van der Waals surface area contributed by atoms with Gasteiger partial charge in [0.15, 0.2) is 0 Å². The standard InChI is InChI=1S/C8H14N2/c1-4-8(9-3)6-7-10-5-2/h4-7,9H,1-3H3/b7-6-,8-4+,10-5-. The smallest absolute Gasteiger partial charge is 0.0309 e. The number of hydrogen-bond acceptors (Lipinski definition) is 2. The molecule has 0 heterocycles. The van der Waals surface area contributed by atoms with Gasteiger partial charge < -0.3 is 5.32 Å². The first-order chi connectivity index (χ1) is 4.85. The van der Waals surface area contributed by atoms with Crippen LogP contribution in [0.3, 0.4) is 0 Å². The Hall–Kier alpha value is -1.05. The highest BCUT2D eigenvalue weighted by Gasteiger charge is 1.78. The monoisotopic (exact) mass is 138 g/mol. The van der Waals surface area contributed by atoms with Gasteiger partial charge in [0.1, 0.15) is 0 Å². The van der Waals surface area contributed by atoms with Crippen molar-refractivity contribution in [2.75, 3.05) is 7.05 Å². The fraction of sp³-hybridized carbons (Fsp3) is 0.375. The van der Waals surface area contributed by atoms with Gasteiger partial charge in [-0.05, 0) is 19.9 Å². The summed E-state index contributed by atoms with van der Waals surface area (Å²) >= 11 is 0. The maximum Gasteiger partial charge on any atom is 0.0309 e. The highest BCUT2D eigenvalue weighted by Crippen LogP contribution is 1.88. The van der Waals surface area contributed by atoms with E-state index in [1.807, 2.05) is 33.0 Å². The molecule has 0 unspecified atom stereocenters. The molecule has 0 aromatic rings. The number of allylic oxidation sites excluding steroid dienone is 2. The zero-order chi connectivity index (χ0) is 7.82. The predicted octanol–water partition coefficient (Wildman–Crippen LogP) is 1.71. The van der Waals surface area contributed by atoms with Gasteiger partial charge in [0.05, 0.1) is 0 Å². The van der Waals surface area contributed by atoms with Gasteiger partial charge in [-0.1, -0.05) is 6.08 Å². The number of nitrogens with one attached hydrogen (secondary N) is 1. The van der Waals surface area contributed by atoms with Gasteiger partial charge in [-0.3, -0.25) is 4.99 Å². The number of likely N-dealkylation sites (N-methyl/N-ethyl adjacent to an activating group) is 1. The third-order valence-corrected chi connectivity index (χ3v) is 1.09. The predicted molar refractivity (Wildman–Crippen MR) is 46.1 cm³/mol. The van der Waals surface area contributed by atoms with Crippen molar-refractivity contribution in [1.29, 1.82) is 0 Å². The first-order valence-corrected chi connectivity index (χ1v) is 3.33. The van der Waals surface area contributed by atoms with Crippen LogP contribution in [-0.2, 0) is 0 Å². The van der Waals surface area contributed by atoms with Crippen LogP contribution in [0.4, 0.5) is 0 Å². The lowest BCUT2D eigenvalue weighted by Crippen LogP contribution is -2.01. The molecule has 0 fully saturated rings. The summed E-state index contributed by atoms with van der Waals surface area (Å²) in [4.78, 5) is 3.92. The normalized spacial score (nSPS) is 13.3. The lowest BCUT2D eigenvalue weighted by Gasteiger charge is -1.95. The second kappa shape index (κ2) is 6.08. The van der Waals surface area contributed by atoms with E-state index in [0.29, 0.717) is 0 Å². The minimum absolute atomic E-state index is 1.07. The third kappa shape index (κ3) is 3.89. The molecule has 0 bridgehead atoms. The van der Waals surface area contributed by atoms with E-state index in [2.05, 4.69) is 10.3 Å². The molecule has 0 spiro atoms. The van der Waals surface area contributed by atoms with Gasteiger partial charge in [-0.2, -0.15) is 0 Å². The number of hydrogen-bond donors (Lipinski definition) is 1. The molecule has 0 aromatic carbocycles. The first-order valence-electron chi connectivity index (χ1n) is 3.33. The zero-order valence-corrected chi connectivity index (χ0v) is 6.76. The number of aliphatic imine (C=N–C) groups is 1. The summed E-state index contributed by atoms with van der Waals surface area (Å²) in [6, 6.07) is 0. The largest absolute Gasteiger partial charge is 0.388 e. The summed E-state index contributed by atoms with van der Waals surface area (Å²) < 4.78 is 0. The van der Waals surface area contributed by atoms with Crippen molar-refractivity contribution in [2.24, 2.45) is 4.99 Å². The molecular formula is C8H14N2. The molecule has 0 aliphatic carbocycles. The van der Waals surface area contributed by atoms with Gasteiger partial charge in [0.25, 0.3) is 0 Å². The topological polar surface area (TPSA) is 24.4 Å². The van der Waals surface area contributed by atoms with Crippen LogP contribution in [0.2, 0.25) is 0 Å². The van der Waals surface area contributed by atoms with Crippen LogP contribution >= 0.6 is 0 Å². The van der Waals surface area contributed by atoms with Gasteiger partial charge in [-0.15, -0.1) is 0 Å². The van der Waals surface area contributed by atoms with Crippen LogP contribution < -0.4 is 5.32 Å². The van der Waals surface area contributed by atoms with E-state index in [4.69, 9.17) is 0 Å². The molecule has 0 saturated heterocycles. The fourth-order valence-electron chi connectivity index (χ4n) is 0.533. The van der Waals surface area contributed by atoms with E-state index in [1.165, 1.54) is 0 Å². The molecule has 0 aliphatic rings. The van der Waals surface area contributed by atoms with Crippen LogP contribution in [0.5, 0.6) is 0 Å². The van der Waals surface area contributed by atoms with E-state index < -0.39 is 0 Å². The van der Waals surface area contributed by atoms with Crippen molar-refractivity contribution in [3.63, 3.8) is 0 Å². The molecule has 2 heteroatoms. The quantitative estimate of drug-likeness (QED) is 0.466. The SMILES string of the molecule is C\C=N/C=C\C(=C/C)NC. The Labute approximate surface area is 62.4 Å². The second-order valence-corrected chi connectivity index (χ2v) is 1.72. The van der Waals surface area contributed by atoms with E-state index in [9.17, 15) is 0 Å². The minimum atomic E-state index is 1.07. The molecular weight excluding hydrogens is 124 g/mol. The molecule has 10 heavy (non-hydrogen) atoms. The summed E-state index contributed by atoms with van der Waals surface area (Å²) in [6.45, 7) is 3.87. The molecule has 0 rings (SSSR count). The van der Waals surface area contributed by atoms with Gasteiger partial charge in [0, 0.05) is 25.2 Å². The summed E-state index contributed by atoms with van der Waals surface area (Å²) in [7, 11) is 1.88. The Morgan fingerprint density at radius 2 is 2.10 bits per heavy atom. The summed E-state index contributed by atoms with van der Waals surface area (Å²) in [6.07, 6.45) is 7.41. The molecule has 56 valence electrons. The first kappa shape index (κ1) is 8.95. The highest BCUT2D eigenvalue weighted by atomic mass is 14.8. The van der Waals surface area contributed by atoms with E-state index >= 15 is 0 Å². The van der Waals surface area contributed by atoms with E-state index in [1.54, 1.807) is 12.4 Å². The van der Waals surface area contributed by atoms with Crippen LogP contribution in [0.15, 0.2) is 29.0 Å². The summed E-state index contributed by atoms with van der Waals surface area (Å²) in [5, 5.41) is 3.01. The number of nitrogens with zero attached hydrogens (tertiary/aromatic N) is 1. The fourth-order valence-corrected chi connectivity index (χ4v) is 0.533. The molecule has 0 aliphatic heterocycles. The van der Waals surface area contributed by atoms with Crippen molar-refractivity contribution < 1.29 is 0 Å². The average molecular weight is 138 g/mol. The molecule has 0 atom stereocenters.